The fourth-order valence-electron chi connectivity index (χ4n) is 3.32. The van der Waals surface area contributed by atoms with E-state index in [0.717, 1.165) is 31.4 Å². The predicted octanol–water partition coefficient (Wildman–Crippen LogP) is 2.26. The molecule has 1 N–H and O–H groups in total. The Kier molecular flexibility index (Phi) is 5.88. The van der Waals surface area contributed by atoms with Gasteiger partial charge in [-0.1, -0.05) is 19.1 Å². The number of carbonyl (C=O) groups is 1. The summed E-state index contributed by atoms with van der Waals surface area (Å²) in [5.74, 6) is 1.32. The van der Waals surface area contributed by atoms with E-state index in [1.54, 1.807) is 14.2 Å². The molecule has 1 aromatic rings. The maximum Gasteiger partial charge on any atom is 0.227 e. The van der Waals surface area contributed by atoms with Crippen molar-refractivity contribution in [2.24, 2.45) is 5.41 Å². The third kappa shape index (κ3) is 3.78. The van der Waals surface area contributed by atoms with Gasteiger partial charge in [0.2, 0.25) is 5.91 Å². The average molecular weight is 321 g/mol. The van der Waals surface area contributed by atoms with E-state index in [0.29, 0.717) is 18.0 Å². The fourth-order valence-corrected chi connectivity index (χ4v) is 3.32. The number of aliphatic hydroxyl groups is 1. The maximum absolute atomic E-state index is 12.7. The molecule has 1 saturated heterocycles. The zero-order valence-corrected chi connectivity index (χ0v) is 14.3. The van der Waals surface area contributed by atoms with Crippen LogP contribution < -0.4 is 9.47 Å². The first-order chi connectivity index (χ1) is 11.1. The molecule has 23 heavy (non-hydrogen) atoms. The Labute approximate surface area is 138 Å². The third-order valence-corrected chi connectivity index (χ3v) is 4.93. The number of amides is 1. The molecular weight excluding hydrogens is 294 g/mol. The highest BCUT2D eigenvalue weighted by molar-refractivity contribution is 5.80. The van der Waals surface area contributed by atoms with Crippen molar-refractivity contribution in [3.8, 4) is 11.5 Å². The lowest BCUT2D eigenvalue weighted by Crippen LogP contribution is -2.48. The minimum absolute atomic E-state index is 0.0718. The van der Waals surface area contributed by atoms with Crippen LogP contribution in [-0.4, -0.2) is 49.8 Å². The summed E-state index contributed by atoms with van der Waals surface area (Å²) < 4.78 is 10.7. The highest BCUT2D eigenvalue weighted by Gasteiger charge is 2.35. The zero-order chi connectivity index (χ0) is 16.9. The van der Waals surface area contributed by atoms with Crippen molar-refractivity contribution in [1.29, 1.82) is 0 Å². The van der Waals surface area contributed by atoms with Crippen molar-refractivity contribution >= 4 is 5.91 Å². The highest BCUT2D eigenvalue weighted by Crippen LogP contribution is 2.34. The van der Waals surface area contributed by atoms with Crippen LogP contribution in [0.1, 0.15) is 31.7 Å². The standard InChI is InChI=1S/C18H27NO4/c1-4-18(13-20)9-6-10-19(12-18)16(21)11-14-7-5-8-15(22-2)17(14)23-3/h5,7-8,20H,4,6,9-13H2,1-3H3. The molecule has 1 heterocycles. The van der Waals surface area contributed by atoms with Gasteiger partial charge < -0.3 is 19.5 Å². The van der Waals surface area contributed by atoms with E-state index in [4.69, 9.17) is 9.47 Å². The molecule has 0 saturated carbocycles. The first-order valence-corrected chi connectivity index (χ1v) is 8.17. The molecule has 1 atom stereocenters. The second-order valence-corrected chi connectivity index (χ2v) is 6.26. The van der Waals surface area contributed by atoms with Gasteiger partial charge in [-0.25, -0.2) is 0 Å². The number of methoxy groups -OCH3 is 2. The maximum atomic E-state index is 12.7. The molecule has 1 aromatic carbocycles. The van der Waals surface area contributed by atoms with Gasteiger partial charge in [0.05, 0.1) is 27.2 Å². The Morgan fingerprint density at radius 2 is 2.13 bits per heavy atom. The topological polar surface area (TPSA) is 59.0 Å². The van der Waals surface area contributed by atoms with Crippen LogP contribution in [0.15, 0.2) is 18.2 Å². The van der Waals surface area contributed by atoms with Crippen molar-refractivity contribution in [3.63, 3.8) is 0 Å². The normalized spacial score (nSPS) is 21.1. The van der Waals surface area contributed by atoms with Gasteiger partial charge >= 0.3 is 0 Å². The quantitative estimate of drug-likeness (QED) is 0.873. The molecule has 2 rings (SSSR count). The largest absolute Gasteiger partial charge is 0.493 e. The first-order valence-electron chi connectivity index (χ1n) is 8.17. The summed E-state index contributed by atoms with van der Waals surface area (Å²) in [4.78, 5) is 14.6. The summed E-state index contributed by atoms with van der Waals surface area (Å²) in [6.07, 6.45) is 3.09. The summed E-state index contributed by atoms with van der Waals surface area (Å²) in [5.41, 5.74) is 0.681. The van der Waals surface area contributed by atoms with E-state index >= 15 is 0 Å². The highest BCUT2D eigenvalue weighted by atomic mass is 16.5. The van der Waals surface area contributed by atoms with Crippen molar-refractivity contribution < 1.29 is 19.4 Å². The van der Waals surface area contributed by atoms with Crippen LogP contribution in [0.4, 0.5) is 0 Å². The van der Waals surface area contributed by atoms with Gasteiger partial charge in [0.15, 0.2) is 11.5 Å². The van der Waals surface area contributed by atoms with Gasteiger partial charge in [0, 0.05) is 24.1 Å². The zero-order valence-electron chi connectivity index (χ0n) is 14.3. The summed E-state index contributed by atoms with van der Waals surface area (Å²) in [5, 5.41) is 9.71. The molecule has 0 bridgehead atoms. The van der Waals surface area contributed by atoms with Gasteiger partial charge in [0.1, 0.15) is 0 Å². The van der Waals surface area contributed by atoms with Crippen molar-refractivity contribution in [1.82, 2.24) is 4.90 Å². The van der Waals surface area contributed by atoms with E-state index in [9.17, 15) is 9.90 Å². The Bertz CT molecular complexity index is 540. The summed E-state index contributed by atoms with van der Waals surface area (Å²) in [6, 6.07) is 5.58. The van der Waals surface area contributed by atoms with Crippen LogP contribution in [0, 0.1) is 5.41 Å². The number of aliphatic hydroxyl groups excluding tert-OH is 1. The number of para-hydroxylation sites is 1. The summed E-state index contributed by atoms with van der Waals surface area (Å²) in [7, 11) is 3.17. The molecule has 1 aliphatic heterocycles. The van der Waals surface area contributed by atoms with Gasteiger partial charge in [-0.3, -0.25) is 4.79 Å². The Morgan fingerprint density at radius 1 is 1.35 bits per heavy atom. The third-order valence-electron chi connectivity index (χ3n) is 4.93. The van der Waals surface area contributed by atoms with Gasteiger partial charge in [-0.15, -0.1) is 0 Å². The molecule has 128 valence electrons. The number of hydrogen-bond donors (Lipinski definition) is 1. The molecule has 1 unspecified atom stereocenters. The molecule has 1 fully saturated rings. The number of rotatable bonds is 6. The van der Waals surface area contributed by atoms with E-state index in [-0.39, 0.29) is 24.3 Å². The van der Waals surface area contributed by atoms with Crippen LogP contribution >= 0.6 is 0 Å². The number of carbonyl (C=O) groups excluding carboxylic acids is 1. The van der Waals surface area contributed by atoms with Gasteiger partial charge in [-0.05, 0) is 25.3 Å². The van der Waals surface area contributed by atoms with Crippen molar-refractivity contribution in [3.05, 3.63) is 23.8 Å². The van der Waals surface area contributed by atoms with E-state index < -0.39 is 0 Å². The average Bonchev–Trinajstić information content (AvgIpc) is 2.61. The van der Waals surface area contributed by atoms with E-state index in [2.05, 4.69) is 6.92 Å². The van der Waals surface area contributed by atoms with Crippen LogP contribution in [0.25, 0.3) is 0 Å². The fraction of sp³-hybridized carbons (Fsp3) is 0.611. The molecule has 1 aliphatic rings. The Balaban J connectivity index is 2.13. The SMILES string of the molecule is CCC1(CO)CCCN(C(=O)Cc2cccc(OC)c2OC)C1. The smallest absolute Gasteiger partial charge is 0.227 e. The molecule has 0 radical (unpaired) electrons. The number of hydrogen-bond acceptors (Lipinski definition) is 4. The van der Waals surface area contributed by atoms with E-state index in [1.807, 2.05) is 23.1 Å². The lowest BCUT2D eigenvalue weighted by molar-refractivity contribution is -0.134. The molecule has 5 nitrogen and oxygen atoms in total. The first kappa shape index (κ1) is 17.6. The number of benzene rings is 1. The molecule has 0 aliphatic carbocycles. The summed E-state index contributed by atoms with van der Waals surface area (Å²) in [6.45, 7) is 3.60. The monoisotopic (exact) mass is 321 g/mol. The molecule has 5 heteroatoms. The minimum Gasteiger partial charge on any atom is -0.493 e. The van der Waals surface area contributed by atoms with Crippen LogP contribution in [0.3, 0.4) is 0 Å². The Hall–Kier alpha value is -1.75. The van der Waals surface area contributed by atoms with Crippen LogP contribution in [0.5, 0.6) is 11.5 Å². The van der Waals surface area contributed by atoms with Crippen molar-refractivity contribution in [2.75, 3.05) is 33.9 Å². The van der Waals surface area contributed by atoms with Gasteiger partial charge in [-0.2, -0.15) is 0 Å². The van der Waals surface area contributed by atoms with Crippen molar-refractivity contribution in [2.45, 2.75) is 32.6 Å². The molecule has 0 aromatic heterocycles. The number of nitrogens with zero attached hydrogens (tertiary/aromatic N) is 1. The summed E-state index contributed by atoms with van der Waals surface area (Å²) >= 11 is 0. The number of ether oxygens (including phenoxy) is 2. The number of piperidine rings is 1. The van der Waals surface area contributed by atoms with E-state index in [1.165, 1.54) is 0 Å². The molecule has 0 spiro atoms. The van der Waals surface area contributed by atoms with Crippen LogP contribution in [0.2, 0.25) is 0 Å². The lowest BCUT2D eigenvalue weighted by Gasteiger charge is -2.41. The minimum atomic E-state index is -0.146. The Morgan fingerprint density at radius 3 is 2.74 bits per heavy atom. The predicted molar refractivity (Wildman–Crippen MR) is 88.9 cm³/mol. The lowest BCUT2D eigenvalue weighted by atomic mass is 9.78. The number of likely N-dealkylation sites (tertiary alicyclic amines) is 1. The van der Waals surface area contributed by atoms with Crippen LogP contribution in [-0.2, 0) is 11.2 Å². The second kappa shape index (κ2) is 7.68. The molecular formula is C18H27NO4. The van der Waals surface area contributed by atoms with Gasteiger partial charge in [0.25, 0.3) is 0 Å². The molecule has 1 amide bonds. The second-order valence-electron chi connectivity index (χ2n) is 6.26.